The van der Waals surface area contributed by atoms with Gasteiger partial charge in [0.2, 0.25) is 0 Å². The van der Waals surface area contributed by atoms with E-state index in [-0.39, 0.29) is 33.8 Å². The lowest BCUT2D eigenvalue weighted by atomic mass is 10.1. The molecular weight excluding hydrogens is 278 g/mol. The van der Waals surface area contributed by atoms with E-state index in [1.807, 2.05) is 0 Å². The third kappa shape index (κ3) is 2.12. The van der Waals surface area contributed by atoms with Gasteiger partial charge in [0.15, 0.2) is 0 Å². The molecule has 0 saturated heterocycles. The van der Waals surface area contributed by atoms with Crippen molar-refractivity contribution in [1.82, 2.24) is 15.0 Å². The van der Waals surface area contributed by atoms with E-state index in [1.165, 1.54) is 25.1 Å². The molecule has 8 nitrogen and oxygen atoms in total. The van der Waals surface area contributed by atoms with Crippen molar-refractivity contribution >= 4 is 11.0 Å². The van der Waals surface area contributed by atoms with Gasteiger partial charge in [0.25, 0.3) is 5.56 Å². The molecule has 0 saturated carbocycles. The number of aromatic amines is 2. The molecule has 0 radical (unpaired) electrons. The lowest BCUT2D eigenvalue weighted by molar-refractivity contribution is 0.438. The lowest BCUT2D eigenvalue weighted by Gasteiger charge is -2.04. The number of rotatable bonds is 1. The maximum Gasteiger partial charge on any atom is 0.349 e. The maximum absolute atomic E-state index is 11.8. The topological polar surface area (TPSA) is 129 Å². The maximum atomic E-state index is 11.8. The monoisotopic (exact) mass is 287 g/mol. The summed E-state index contributed by atoms with van der Waals surface area (Å²) in [6, 6.07) is 4.06. The van der Waals surface area contributed by atoms with E-state index in [9.17, 15) is 19.5 Å². The number of fused-ring (bicyclic) bond motifs is 1. The normalized spacial score (nSPS) is 10.9. The van der Waals surface area contributed by atoms with E-state index in [0.717, 1.165) is 0 Å². The molecule has 3 aromatic heterocycles. The molecule has 106 valence electrons. The fourth-order valence-electron chi connectivity index (χ4n) is 2.02. The van der Waals surface area contributed by atoms with Crippen molar-refractivity contribution in [1.29, 1.82) is 0 Å². The molecule has 0 bridgehead atoms. The Hall–Kier alpha value is -3.16. The number of aryl methyl sites for hydroxylation is 1. The highest BCUT2D eigenvalue weighted by Gasteiger charge is 2.15. The van der Waals surface area contributed by atoms with Crippen molar-refractivity contribution in [2.24, 2.45) is 0 Å². The highest BCUT2D eigenvalue weighted by molar-refractivity contribution is 5.78. The van der Waals surface area contributed by atoms with Crippen LogP contribution in [0.3, 0.4) is 0 Å². The van der Waals surface area contributed by atoms with Gasteiger partial charge in [0, 0.05) is 6.07 Å². The summed E-state index contributed by atoms with van der Waals surface area (Å²) in [5.74, 6) is -0.0327. The zero-order valence-electron chi connectivity index (χ0n) is 10.8. The summed E-state index contributed by atoms with van der Waals surface area (Å²) in [5, 5.41) is 10.0. The van der Waals surface area contributed by atoms with Gasteiger partial charge in [-0.1, -0.05) is 0 Å². The van der Waals surface area contributed by atoms with Crippen LogP contribution in [0.4, 0.5) is 0 Å². The quantitative estimate of drug-likeness (QED) is 0.588. The van der Waals surface area contributed by atoms with Crippen LogP contribution in [0.25, 0.3) is 22.3 Å². The van der Waals surface area contributed by atoms with Gasteiger partial charge in [-0.15, -0.1) is 0 Å². The average Bonchev–Trinajstić information content (AvgIpc) is 2.36. The smallest absolute Gasteiger partial charge is 0.349 e. The number of H-pyrrole nitrogens is 2. The first-order chi connectivity index (χ1) is 9.95. The second kappa shape index (κ2) is 4.44. The van der Waals surface area contributed by atoms with Crippen LogP contribution in [0.5, 0.6) is 5.75 Å². The molecule has 3 rings (SSSR count). The van der Waals surface area contributed by atoms with Crippen molar-refractivity contribution in [3.05, 3.63) is 55.2 Å². The molecule has 3 heterocycles. The first-order valence-corrected chi connectivity index (χ1v) is 5.93. The largest absolute Gasteiger partial charge is 0.507 e. The van der Waals surface area contributed by atoms with Gasteiger partial charge >= 0.3 is 11.3 Å². The van der Waals surface area contributed by atoms with Crippen molar-refractivity contribution < 1.29 is 9.52 Å². The molecule has 8 heteroatoms. The summed E-state index contributed by atoms with van der Waals surface area (Å²) in [4.78, 5) is 43.1. The van der Waals surface area contributed by atoms with Crippen molar-refractivity contribution in [3.63, 3.8) is 0 Å². The molecule has 0 fully saturated rings. The minimum atomic E-state index is -0.758. The van der Waals surface area contributed by atoms with E-state index < -0.39 is 16.9 Å². The number of aromatic hydroxyl groups is 1. The molecule has 0 unspecified atom stereocenters. The van der Waals surface area contributed by atoms with E-state index in [2.05, 4.69) is 15.0 Å². The summed E-state index contributed by atoms with van der Waals surface area (Å²) in [6.07, 6.45) is 0. The molecule has 0 aromatic carbocycles. The molecule has 0 aliphatic carbocycles. The van der Waals surface area contributed by atoms with Crippen LogP contribution < -0.4 is 16.9 Å². The van der Waals surface area contributed by atoms with Gasteiger partial charge in [-0.3, -0.25) is 14.8 Å². The predicted octanol–water partition coefficient (Wildman–Crippen LogP) is 0.246. The standard InChI is InChI=1S/C13H9N3O5/c1-5-4-8(17)9(12(19)21-5)7-3-2-6-10(14-7)15-13(20)16-11(6)18/h2-4,17H,1H3,(H2,14,15,16,18,20). The summed E-state index contributed by atoms with van der Waals surface area (Å²) in [6.45, 7) is 1.52. The van der Waals surface area contributed by atoms with Crippen LogP contribution in [0.1, 0.15) is 5.76 Å². The third-order valence-corrected chi connectivity index (χ3v) is 2.91. The van der Waals surface area contributed by atoms with Crippen LogP contribution in [0.2, 0.25) is 0 Å². The molecule has 0 aliphatic rings. The Labute approximate surface area is 115 Å². The number of nitrogens with one attached hydrogen (secondary N) is 2. The van der Waals surface area contributed by atoms with Gasteiger partial charge in [0.1, 0.15) is 22.7 Å². The Morgan fingerprint density at radius 3 is 2.67 bits per heavy atom. The zero-order valence-corrected chi connectivity index (χ0v) is 10.8. The highest BCUT2D eigenvalue weighted by Crippen LogP contribution is 2.25. The summed E-state index contributed by atoms with van der Waals surface area (Å²) < 4.78 is 4.91. The molecule has 0 aliphatic heterocycles. The summed E-state index contributed by atoms with van der Waals surface area (Å²) >= 11 is 0. The summed E-state index contributed by atoms with van der Waals surface area (Å²) in [7, 11) is 0. The van der Waals surface area contributed by atoms with Gasteiger partial charge in [-0.05, 0) is 19.1 Å². The second-order valence-corrected chi connectivity index (χ2v) is 4.41. The van der Waals surface area contributed by atoms with Gasteiger partial charge < -0.3 is 9.52 Å². The molecular formula is C13H9N3O5. The van der Waals surface area contributed by atoms with Gasteiger partial charge in [-0.2, -0.15) is 0 Å². The number of aromatic nitrogens is 3. The molecule has 21 heavy (non-hydrogen) atoms. The van der Waals surface area contributed by atoms with Crippen LogP contribution in [-0.4, -0.2) is 20.1 Å². The van der Waals surface area contributed by atoms with E-state index in [1.54, 1.807) is 0 Å². The predicted molar refractivity (Wildman–Crippen MR) is 73.4 cm³/mol. The van der Waals surface area contributed by atoms with Crippen LogP contribution in [0.15, 0.2) is 37.0 Å². The van der Waals surface area contributed by atoms with E-state index in [0.29, 0.717) is 0 Å². The first kappa shape index (κ1) is 12.9. The minimum absolute atomic E-state index is 0.0145. The highest BCUT2D eigenvalue weighted by atomic mass is 16.4. The molecule has 3 aromatic rings. The van der Waals surface area contributed by atoms with Crippen molar-refractivity contribution in [3.8, 4) is 17.0 Å². The fourth-order valence-corrected chi connectivity index (χ4v) is 2.02. The first-order valence-electron chi connectivity index (χ1n) is 5.93. The van der Waals surface area contributed by atoms with Crippen LogP contribution in [0, 0.1) is 6.92 Å². The summed E-state index contributed by atoms with van der Waals surface area (Å²) in [5.41, 5.74) is -2.09. The molecule has 0 atom stereocenters. The average molecular weight is 287 g/mol. The SMILES string of the molecule is Cc1cc(O)c(-c2ccc3c(=O)[nH]c(=O)[nH]c3n2)c(=O)o1. The Kier molecular flexibility index (Phi) is 2.72. The molecule has 3 N–H and O–H groups in total. The fraction of sp³-hybridized carbons (Fsp3) is 0.0769. The number of nitrogens with zero attached hydrogens (tertiary/aromatic N) is 1. The Balaban J connectivity index is 2.35. The number of hydrogen-bond donors (Lipinski definition) is 3. The minimum Gasteiger partial charge on any atom is -0.507 e. The van der Waals surface area contributed by atoms with Crippen LogP contribution >= 0.6 is 0 Å². The zero-order chi connectivity index (χ0) is 15.1. The second-order valence-electron chi connectivity index (χ2n) is 4.41. The number of pyridine rings is 1. The molecule has 0 amide bonds. The Morgan fingerprint density at radius 2 is 1.95 bits per heavy atom. The van der Waals surface area contributed by atoms with Crippen molar-refractivity contribution in [2.75, 3.05) is 0 Å². The molecule has 0 spiro atoms. The Bertz CT molecular complexity index is 1030. The number of hydrogen-bond acceptors (Lipinski definition) is 6. The van der Waals surface area contributed by atoms with E-state index in [4.69, 9.17) is 4.42 Å². The van der Waals surface area contributed by atoms with E-state index >= 15 is 0 Å². The van der Waals surface area contributed by atoms with Gasteiger partial charge in [-0.25, -0.2) is 14.6 Å². The van der Waals surface area contributed by atoms with Gasteiger partial charge in [0.05, 0.1) is 11.1 Å². The third-order valence-electron chi connectivity index (χ3n) is 2.91. The van der Waals surface area contributed by atoms with Crippen LogP contribution in [-0.2, 0) is 0 Å². The lowest BCUT2D eigenvalue weighted by Crippen LogP contribution is -2.22. The van der Waals surface area contributed by atoms with Crippen molar-refractivity contribution in [2.45, 2.75) is 6.92 Å². The Morgan fingerprint density at radius 1 is 1.19 bits per heavy atom.